The number of carbonyl (C=O) groups is 1. The van der Waals surface area contributed by atoms with Gasteiger partial charge in [0, 0.05) is 27.7 Å². The van der Waals surface area contributed by atoms with Crippen molar-refractivity contribution in [3.63, 3.8) is 0 Å². The van der Waals surface area contributed by atoms with E-state index in [0.29, 0.717) is 0 Å². The zero-order valence-electron chi connectivity index (χ0n) is 9.77. The molecule has 0 aliphatic carbocycles. The summed E-state index contributed by atoms with van der Waals surface area (Å²) in [6, 6.07) is 13.1. The SMILES string of the molecule is O=C([O-])c1cc2cc3c(cc2[nH]1)oc1ccccc13. The Balaban J connectivity index is 2.14. The van der Waals surface area contributed by atoms with Crippen LogP contribution in [0.4, 0.5) is 0 Å². The van der Waals surface area contributed by atoms with Crippen LogP contribution in [0, 0.1) is 0 Å². The van der Waals surface area contributed by atoms with Crippen LogP contribution in [0.2, 0.25) is 0 Å². The predicted molar refractivity (Wildman–Crippen MR) is 69.9 cm³/mol. The second-order valence-corrected chi connectivity index (χ2v) is 4.50. The van der Waals surface area contributed by atoms with Crippen LogP contribution in [0.25, 0.3) is 32.8 Å². The van der Waals surface area contributed by atoms with E-state index >= 15 is 0 Å². The van der Waals surface area contributed by atoms with E-state index in [2.05, 4.69) is 4.98 Å². The second-order valence-electron chi connectivity index (χ2n) is 4.50. The van der Waals surface area contributed by atoms with Gasteiger partial charge in [-0.3, -0.25) is 0 Å². The Kier molecular flexibility index (Phi) is 1.82. The van der Waals surface area contributed by atoms with Crippen molar-refractivity contribution >= 4 is 38.8 Å². The maximum Gasteiger partial charge on any atom is 0.137 e. The van der Waals surface area contributed by atoms with Crippen LogP contribution in [-0.2, 0) is 0 Å². The van der Waals surface area contributed by atoms with Crippen molar-refractivity contribution in [2.45, 2.75) is 0 Å². The predicted octanol–water partition coefficient (Wildman–Crippen LogP) is 2.43. The third-order valence-electron chi connectivity index (χ3n) is 3.34. The summed E-state index contributed by atoms with van der Waals surface area (Å²) in [4.78, 5) is 13.7. The van der Waals surface area contributed by atoms with Gasteiger partial charge in [0.15, 0.2) is 0 Å². The van der Waals surface area contributed by atoms with Crippen molar-refractivity contribution in [3.8, 4) is 0 Å². The number of H-pyrrole nitrogens is 1. The molecule has 19 heavy (non-hydrogen) atoms. The van der Waals surface area contributed by atoms with Crippen LogP contribution < -0.4 is 5.11 Å². The number of aromatic nitrogens is 1. The number of para-hydroxylation sites is 1. The average molecular weight is 250 g/mol. The van der Waals surface area contributed by atoms with Crippen molar-refractivity contribution in [3.05, 3.63) is 48.2 Å². The zero-order valence-corrected chi connectivity index (χ0v) is 9.77. The van der Waals surface area contributed by atoms with Crippen molar-refractivity contribution in [1.82, 2.24) is 4.98 Å². The molecule has 4 aromatic rings. The Morgan fingerprint density at radius 2 is 1.89 bits per heavy atom. The molecule has 0 fully saturated rings. The summed E-state index contributed by atoms with van der Waals surface area (Å²) in [7, 11) is 0. The molecule has 2 aromatic heterocycles. The van der Waals surface area contributed by atoms with Gasteiger partial charge >= 0.3 is 0 Å². The lowest BCUT2D eigenvalue weighted by atomic mass is 10.1. The van der Waals surface area contributed by atoms with E-state index < -0.39 is 5.97 Å². The highest BCUT2D eigenvalue weighted by Gasteiger charge is 2.09. The third-order valence-corrected chi connectivity index (χ3v) is 3.34. The standard InChI is InChI=1S/C15H9NO3/c17-15(18)12-6-8-5-10-9-3-1-2-4-13(9)19-14(10)7-11(8)16-12/h1-7,16H,(H,17,18)/p-1. The number of hydrogen-bond donors (Lipinski definition) is 1. The van der Waals surface area contributed by atoms with Crippen LogP contribution >= 0.6 is 0 Å². The van der Waals surface area contributed by atoms with E-state index in [9.17, 15) is 9.90 Å². The number of nitrogens with one attached hydrogen (secondary N) is 1. The van der Waals surface area contributed by atoms with Crippen molar-refractivity contribution < 1.29 is 14.3 Å². The van der Waals surface area contributed by atoms with Gasteiger partial charge in [0.05, 0.1) is 11.7 Å². The summed E-state index contributed by atoms with van der Waals surface area (Å²) in [5.41, 5.74) is 2.36. The Hall–Kier alpha value is -2.75. The first-order valence-corrected chi connectivity index (χ1v) is 5.88. The van der Waals surface area contributed by atoms with Gasteiger partial charge in [-0.15, -0.1) is 0 Å². The minimum absolute atomic E-state index is 0.0759. The Bertz CT molecular complexity index is 946. The van der Waals surface area contributed by atoms with Gasteiger partial charge in [-0.05, 0) is 18.2 Å². The fraction of sp³-hybridized carbons (Fsp3) is 0. The average Bonchev–Trinajstić information content (AvgIpc) is 2.96. The molecule has 0 radical (unpaired) electrons. The lowest BCUT2D eigenvalue weighted by Crippen LogP contribution is -2.22. The summed E-state index contributed by atoms with van der Waals surface area (Å²) in [6.07, 6.45) is 0. The fourth-order valence-electron chi connectivity index (χ4n) is 2.46. The molecule has 2 heterocycles. The smallest absolute Gasteiger partial charge is 0.137 e. The molecule has 92 valence electrons. The quantitative estimate of drug-likeness (QED) is 0.564. The molecular weight excluding hydrogens is 242 g/mol. The number of carboxylic acid groups (broad SMARTS) is 1. The molecule has 4 nitrogen and oxygen atoms in total. The highest BCUT2D eigenvalue weighted by Crippen LogP contribution is 2.31. The number of fused-ring (bicyclic) bond motifs is 4. The molecule has 0 aliphatic heterocycles. The molecule has 0 unspecified atom stereocenters. The number of carbonyl (C=O) groups excluding carboxylic acids is 1. The largest absolute Gasteiger partial charge is 0.543 e. The number of aromatic amines is 1. The van der Waals surface area contributed by atoms with Crippen LogP contribution in [0.3, 0.4) is 0 Å². The minimum Gasteiger partial charge on any atom is -0.543 e. The Morgan fingerprint density at radius 3 is 2.74 bits per heavy atom. The van der Waals surface area contributed by atoms with Crippen LogP contribution in [0.15, 0.2) is 46.9 Å². The van der Waals surface area contributed by atoms with Gasteiger partial charge in [-0.1, -0.05) is 18.2 Å². The molecule has 0 saturated carbocycles. The normalized spacial score (nSPS) is 11.6. The fourth-order valence-corrected chi connectivity index (χ4v) is 2.46. The molecule has 1 N–H and O–H groups in total. The zero-order chi connectivity index (χ0) is 13.0. The molecule has 0 spiro atoms. The highest BCUT2D eigenvalue weighted by atomic mass is 16.4. The molecule has 4 heteroatoms. The van der Waals surface area contributed by atoms with E-state index in [1.54, 1.807) is 6.07 Å². The highest BCUT2D eigenvalue weighted by molar-refractivity contribution is 6.10. The number of hydrogen-bond acceptors (Lipinski definition) is 3. The molecule has 0 aliphatic rings. The summed E-state index contributed by atoms with van der Waals surface area (Å²) < 4.78 is 5.75. The monoisotopic (exact) mass is 250 g/mol. The van der Waals surface area contributed by atoms with Gasteiger partial charge in [-0.2, -0.15) is 0 Å². The lowest BCUT2D eigenvalue weighted by molar-refractivity contribution is -0.255. The number of carboxylic acids is 1. The van der Waals surface area contributed by atoms with Gasteiger partial charge in [0.25, 0.3) is 0 Å². The van der Waals surface area contributed by atoms with Crippen molar-refractivity contribution in [2.24, 2.45) is 0 Å². The minimum atomic E-state index is -1.21. The van der Waals surface area contributed by atoms with E-state index in [1.807, 2.05) is 36.4 Å². The molecule has 0 bridgehead atoms. The molecule has 4 rings (SSSR count). The van der Waals surface area contributed by atoms with Gasteiger partial charge in [0.1, 0.15) is 11.2 Å². The first-order valence-electron chi connectivity index (χ1n) is 5.88. The van der Waals surface area contributed by atoms with Crippen LogP contribution in [0.1, 0.15) is 10.5 Å². The first-order chi connectivity index (χ1) is 9.22. The number of benzene rings is 2. The molecular formula is C15H8NO3-. The summed E-state index contributed by atoms with van der Waals surface area (Å²) in [5, 5.41) is 13.7. The van der Waals surface area contributed by atoms with E-state index in [4.69, 9.17) is 4.42 Å². The summed E-state index contributed by atoms with van der Waals surface area (Å²) in [5.74, 6) is -1.21. The number of furan rings is 1. The van der Waals surface area contributed by atoms with Crippen molar-refractivity contribution in [1.29, 1.82) is 0 Å². The molecule has 0 amide bonds. The van der Waals surface area contributed by atoms with Crippen molar-refractivity contribution in [2.75, 3.05) is 0 Å². The topological polar surface area (TPSA) is 69.1 Å². The van der Waals surface area contributed by atoms with E-state index in [-0.39, 0.29) is 5.69 Å². The van der Waals surface area contributed by atoms with E-state index in [0.717, 1.165) is 32.8 Å². The summed E-state index contributed by atoms with van der Waals surface area (Å²) >= 11 is 0. The molecule has 0 saturated heterocycles. The third kappa shape index (κ3) is 1.37. The number of rotatable bonds is 1. The Morgan fingerprint density at radius 1 is 1.05 bits per heavy atom. The lowest BCUT2D eigenvalue weighted by Gasteiger charge is -1.93. The summed E-state index contributed by atoms with van der Waals surface area (Å²) in [6.45, 7) is 0. The maximum atomic E-state index is 10.8. The van der Waals surface area contributed by atoms with Gasteiger partial charge in [0.2, 0.25) is 0 Å². The second kappa shape index (κ2) is 3.38. The van der Waals surface area contributed by atoms with Crippen LogP contribution in [0.5, 0.6) is 0 Å². The maximum absolute atomic E-state index is 10.8. The van der Waals surface area contributed by atoms with Gasteiger partial charge in [-0.25, -0.2) is 0 Å². The molecule has 0 atom stereocenters. The Labute approximate surface area is 107 Å². The van der Waals surface area contributed by atoms with Gasteiger partial charge < -0.3 is 19.3 Å². The first kappa shape index (κ1) is 10.2. The van der Waals surface area contributed by atoms with E-state index in [1.165, 1.54) is 0 Å². The molecule has 2 aromatic carbocycles. The van der Waals surface area contributed by atoms with Crippen LogP contribution in [-0.4, -0.2) is 11.0 Å². The number of aromatic carboxylic acids is 1.